The number of nitrogens with zero attached hydrogens (tertiary/aromatic N) is 1. The van der Waals surface area contributed by atoms with Crippen LogP contribution in [0.1, 0.15) is 29.3 Å². The van der Waals surface area contributed by atoms with E-state index in [1.807, 2.05) is 6.92 Å². The summed E-state index contributed by atoms with van der Waals surface area (Å²) in [6.07, 6.45) is 0.674. The maximum Gasteiger partial charge on any atom is 0.258 e. The average molecular weight is 395 g/mol. The molecular formula is C19H20Cl2N2O3. The molecule has 0 unspecified atom stereocenters. The Balaban J connectivity index is 2.15. The summed E-state index contributed by atoms with van der Waals surface area (Å²) in [7, 11) is 0. The molecule has 2 N–H and O–H groups in total. The van der Waals surface area contributed by atoms with Crippen molar-refractivity contribution in [2.45, 2.75) is 20.3 Å². The van der Waals surface area contributed by atoms with Gasteiger partial charge in [0.25, 0.3) is 5.91 Å². The van der Waals surface area contributed by atoms with E-state index in [1.54, 1.807) is 37.3 Å². The van der Waals surface area contributed by atoms with Gasteiger partial charge in [-0.25, -0.2) is 0 Å². The van der Waals surface area contributed by atoms with Gasteiger partial charge in [0.15, 0.2) is 0 Å². The fourth-order valence-corrected chi connectivity index (χ4v) is 2.93. The van der Waals surface area contributed by atoms with Gasteiger partial charge in [-0.2, -0.15) is 0 Å². The monoisotopic (exact) mass is 394 g/mol. The Morgan fingerprint density at radius 1 is 1.19 bits per heavy atom. The third-order valence-corrected chi connectivity index (χ3v) is 4.34. The zero-order chi connectivity index (χ0) is 19.3. The minimum Gasteiger partial charge on any atom is -0.507 e. The van der Waals surface area contributed by atoms with Gasteiger partial charge in [0.1, 0.15) is 12.3 Å². The maximum atomic E-state index is 12.7. The second-order valence-corrected chi connectivity index (χ2v) is 6.71. The highest BCUT2D eigenvalue weighted by Gasteiger charge is 2.21. The fourth-order valence-electron chi connectivity index (χ4n) is 2.48. The Bertz CT molecular complexity index is 824. The number of halogens is 2. The summed E-state index contributed by atoms with van der Waals surface area (Å²) in [6, 6.07) is 9.69. The zero-order valence-corrected chi connectivity index (χ0v) is 16.1. The lowest BCUT2D eigenvalue weighted by molar-refractivity contribution is -0.116. The molecule has 2 aromatic carbocycles. The first kappa shape index (κ1) is 20.1. The van der Waals surface area contributed by atoms with Crippen molar-refractivity contribution < 1.29 is 14.7 Å². The predicted octanol–water partition coefficient (Wildman–Crippen LogP) is 4.50. The van der Waals surface area contributed by atoms with Gasteiger partial charge in [0.2, 0.25) is 5.91 Å². The lowest BCUT2D eigenvalue weighted by Crippen LogP contribution is -2.38. The van der Waals surface area contributed by atoms with E-state index in [4.69, 9.17) is 23.2 Å². The van der Waals surface area contributed by atoms with E-state index in [2.05, 4.69) is 5.32 Å². The molecule has 138 valence electrons. The van der Waals surface area contributed by atoms with Crippen LogP contribution in [0.5, 0.6) is 5.75 Å². The third kappa shape index (κ3) is 4.90. The van der Waals surface area contributed by atoms with Gasteiger partial charge in [-0.1, -0.05) is 42.3 Å². The number of rotatable bonds is 6. The Hall–Kier alpha value is -2.24. The number of aryl methyl sites for hydroxylation is 1. The summed E-state index contributed by atoms with van der Waals surface area (Å²) >= 11 is 11.9. The van der Waals surface area contributed by atoms with E-state index in [9.17, 15) is 14.7 Å². The number of phenols is 1. The van der Waals surface area contributed by atoms with Crippen LogP contribution in [0.15, 0.2) is 36.4 Å². The average Bonchev–Trinajstić information content (AvgIpc) is 2.59. The molecule has 2 aromatic rings. The molecule has 0 saturated heterocycles. The van der Waals surface area contributed by atoms with Gasteiger partial charge >= 0.3 is 0 Å². The molecule has 2 rings (SSSR count). The summed E-state index contributed by atoms with van der Waals surface area (Å²) in [6.45, 7) is 3.85. The van der Waals surface area contributed by atoms with Crippen LogP contribution in [0.25, 0.3) is 0 Å². The number of amides is 2. The number of hydrogen-bond donors (Lipinski definition) is 2. The van der Waals surface area contributed by atoms with Crippen LogP contribution in [0, 0.1) is 6.92 Å². The first-order chi connectivity index (χ1) is 12.3. The van der Waals surface area contributed by atoms with E-state index in [0.29, 0.717) is 34.3 Å². The van der Waals surface area contributed by atoms with E-state index >= 15 is 0 Å². The molecule has 0 aliphatic rings. The van der Waals surface area contributed by atoms with Crippen LogP contribution < -0.4 is 5.32 Å². The Morgan fingerprint density at radius 3 is 2.58 bits per heavy atom. The first-order valence-electron chi connectivity index (χ1n) is 8.16. The molecule has 0 heterocycles. The van der Waals surface area contributed by atoms with Crippen molar-refractivity contribution in [1.29, 1.82) is 0 Å². The van der Waals surface area contributed by atoms with Gasteiger partial charge in [-0.3, -0.25) is 9.59 Å². The number of nitrogens with one attached hydrogen (secondary N) is 1. The summed E-state index contributed by atoms with van der Waals surface area (Å²) in [5.41, 5.74) is 1.20. The molecule has 0 saturated carbocycles. The van der Waals surface area contributed by atoms with Crippen molar-refractivity contribution in [2.24, 2.45) is 0 Å². The Morgan fingerprint density at radius 2 is 1.92 bits per heavy atom. The lowest BCUT2D eigenvalue weighted by atomic mass is 10.1. The molecule has 0 atom stereocenters. The standard InChI is InChI=1S/C19H20Cl2N2O3/c1-3-9-23(19(26)14-6-4-5-12(2)18(14)25)11-17(24)22-16-8-7-13(20)10-15(16)21/h4-8,10,25H,3,9,11H2,1-2H3,(H,22,24). The number of anilines is 1. The number of carbonyl (C=O) groups is 2. The van der Waals surface area contributed by atoms with E-state index in [0.717, 1.165) is 0 Å². The number of para-hydroxylation sites is 1. The van der Waals surface area contributed by atoms with Crippen LogP contribution in [0.4, 0.5) is 5.69 Å². The van der Waals surface area contributed by atoms with E-state index in [1.165, 1.54) is 11.0 Å². The molecule has 0 radical (unpaired) electrons. The quantitative estimate of drug-likeness (QED) is 0.757. The van der Waals surface area contributed by atoms with Gasteiger partial charge in [-0.15, -0.1) is 0 Å². The van der Waals surface area contributed by atoms with Crippen LogP contribution in [-0.4, -0.2) is 34.9 Å². The number of hydrogen-bond acceptors (Lipinski definition) is 3. The molecule has 0 fully saturated rings. The highest BCUT2D eigenvalue weighted by atomic mass is 35.5. The summed E-state index contributed by atoms with van der Waals surface area (Å²) in [5, 5.41) is 13.6. The molecule has 0 aromatic heterocycles. The highest BCUT2D eigenvalue weighted by molar-refractivity contribution is 6.36. The summed E-state index contributed by atoms with van der Waals surface area (Å²) in [4.78, 5) is 26.5. The normalized spacial score (nSPS) is 10.5. The van der Waals surface area contributed by atoms with Gasteiger partial charge in [0, 0.05) is 11.6 Å². The molecule has 0 spiro atoms. The van der Waals surface area contributed by atoms with Gasteiger partial charge < -0.3 is 15.3 Å². The minimum atomic E-state index is -0.398. The van der Waals surface area contributed by atoms with Crippen LogP contribution in [0.3, 0.4) is 0 Å². The molecule has 5 nitrogen and oxygen atoms in total. The molecule has 0 aliphatic carbocycles. The van der Waals surface area contributed by atoms with Crippen molar-refractivity contribution in [3.8, 4) is 5.75 Å². The van der Waals surface area contributed by atoms with Crippen LogP contribution in [0.2, 0.25) is 10.0 Å². The SMILES string of the molecule is CCCN(CC(=O)Nc1ccc(Cl)cc1Cl)C(=O)c1cccc(C)c1O. The van der Waals surface area contributed by atoms with Crippen LogP contribution >= 0.6 is 23.2 Å². The number of carbonyl (C=O) groups excluding carboxylic acids is 2. The lowest BCUT2D eigenvalue weighted by Gasteiger charge is -2.22. The van der Waals surface area contributed by atoms with Crippen molar-refractivity contribution in [1.82, 2.24) is 4.90 Å². The second-order valence-electron chi connectivity index (χ2n) is 5.87. The van der Waals surface area contributed by atoms with Gasteiger partial charge in [0.05, 0.1) is 16.3 Å². The fraction of sp³-hybridized carbons (Fsp3) is 0.263. The van der Waals surface area contributed by atoms with Crippen molar-refractivity contribution in [3.05, 3.63) is 57.6 Å². The molecule has 2 amide bonds. The Kier molecular flexibility index (Phi) is 6.89. The van der Waals surface area contributed by atoms with Crippen molar-refractivity contribution in [2.75, 3.05) is 18.4 Å². The number of phenolic OH excluding ortho intramolecular Hbond substituents is 1. The summed E-state index contributed by atoms with van der Waals surface area (Å²) in [5.74, 6) is -0.853. The topological polar surface area (TPSA) is 69.6 Å². The van der Waals surface area contributed by atoms with Gasteiger partial charge in [-0.05, 0) is 43.2 Å². The summed E-state index contributed by atoms with van der Waals surface area (Å²) < 4.78 is 0. The van der Waals surface area contributed by atoms with Crippen molar-refractivity contribution in [3.63, 3.8) is 0 Å². The number of aromatic hydroxyl groups is 1. The minimum absolute atomic E-state index is 0.0697. The second kappa shape index (κ2) is 8.92. The molecule has 0 bridgehead atoms. The van der Waals surface area contributed by atoms with Crippen LogP contribution in [-0.2, 0) is 4.79 Å². The maximum absolute atomic E-state index is 12.7. The van der Waals surface area contributed by atoms with E-state index in [-0.39, 0.29) is 23.8 Å². The predicted molar refractivity (Wildman–Crippen MR) is 104 cm³/mol. The molecule has 0 aliphatic heterocycles. The van der Waals surface area contributed by atoms with Crippen molar-refractivity contribution >= 4 is 40.7 Å². The Labute approximate surface area is 162 Å². The van der Waals surface area contributed by atoms with E-state index < -0.39 is 5.91 Å². The molecular weight excluding hydrogens is 375 g/mol. The third-order valence-electron chi connectivity index (χ3n) is 3.79. The number of benzene rings is 2. The molecule has 26 heavy (non-hydrogen) atoms. The largest absolute Gasteiger partial charge is 0.507 e. The highest BCUT2D eigenvalue weighted by Crippen LogP contribution is 2.26. The molecule has 7 heteroatoms. The zero-order valence-electron chi connectivity index (χ0n) is 14.6. The smallest absolute Gasteiger partial charge is 0.258 e. The first-order valence-corrected chi connectivity index (χ1v) is 8.91.